The van der Waals surface area contributed by atoms with Crippen LogP contribution < -0.4 is 5.43 Å². The average Bonchev–Trinajstić information content (AvgIpc) is 2.82. The van der Waals surface area contributed by atoms with Crippen LogP contribution >= 0.6 is 0 Å². The van der Waals surface area contributed by atoms with Crippen molar-refractivity contribution in [1.29, 1.82) is 0 Å². The normalized spacial score (nSPS) is 19.5. The summed E-state index contributed by atoms with van der Waals surface area (Å²) in [5.41, 5.74) is 2.05. The lowest BCUT2D eigenvalue weighted by Gasteiger charge is -1.92. The van der Waals surface area contributed by atoms with Crippen LogP contribution in [0.3, 0.4) is 0 Å². The molecule has 1 atom stereocenters. The molecule has 0 saturated carbocycles. The van der Waals surface area contributed by atoms with Gasteiger partial charge in [-0.15, -0.1) is 0 Å². The van der Waals surface area contributed by atoms with E-state index in [0.29, 0.717) is 5.92 Å². The third kappa shape index (κ3) is 1.47. The van der Waals surface area contributed by atoms with Crippen molar-refractivity contribution in [3.63, 3.8) is 0 Å². The van der Waals surface area contributed by atoms with Crippen LogP contribution in [0.15, 0.2) is 40.7 Å². The Bertz CT molecular complexity index is 432. The highest BCUT2D eigenvalue weighted by atomic mass is 16.3. The van der Waals surface area contributed by atoms with Crippen molar-refractivity contribution >= 4 is 0 Å². The Kier molecular flexibility index (Phi) is 1.69. The Balaban J connectivity index is 2.42. The van der Waals surface area contributed by atoms with Crippen LogP contribution in [0, 0.1) is 0 Å². The van der Waals surface area contributed by atoms with Crippen molar-refractivity contribution in [3.05, 3.63) is 51.7 Å². The molecule has 0 heterocycles. The van der Waals surface area contributed by atoms with E-state index >= 15 is 0 Å². The summed E-state index contributed by atoms with van der Waals surface area (Å²) >= 11 is 0. The van der Waals surface area contributed by atoms with Gasteiger partial charge < -0.3 is 5.11 Å². The van der Waals surface area contributed by atoms with Gasteiger partial charge in [-0.2, -0.15) is 0 Å². The van der Waals surface area contributed by atoms with Gasteiger partial charge in [-0.1, -0.05) is 23.8 Å². The van der Waals surface area contributed by atoms with E-state index in [1.807, 2.05) is 0 Å². The Morgan fingerprint density at radius 2 is 1.85 bits per heavy atom. The molecule has 2 rings (SSSR count). The Hall–Kier alpha value is -1.57. The fourth-order valence-electron chi connectivity index (χ4n) is 1.35. The van der Waals surface area contributed by atoms with E-state index in [1.165, 1.54) is 17.7 Å². The minimum Gasteiger partial charge on any atom is -0.504 e. The van der Waals surface area contributed by atoms with E-state index in [1.54, 1.807) is 12.1 Å². The first-order valence-corrected chi connectivity index (χ1v) is 4.20. The van der Waals surface area contributed by atoms with Crippen molar-refractivity contribution in [2.75, 3.05) is 0 Å². The topological polar surface area (TPSA) is 37.3 Å². The zero-order valence-electron chi connectivity index (χ0n) is 7.32. The first-order chi connectivity index (χ1) is 6.18. The molecule has 0 fully saturated rings. The summed E-state index contributed by atoms with van der Waals surface area (Å²) in [6, 6.07) is 6.41. The average molecular weight is 174 g/mol. The maximum atomic E-state index is 11.0. The van der Waals surface area contributed by atoms with Crippen molar-refractivity contribution in [1.82, 2.24) is 0 Å². The zero-order valence-corrected chi connectivity index (χ0v) is 7.32. The maximum absolute atomic E-state index is 11.0. The molecule has 0 aromatic heterocycles. The molecule has 0 aliphatic heterocycles. The number of hydrogen-bond acceptors (Lipinski definition) is 2. The van der Waals surface area contributed by atoms with E-state index < -0.39 is 0 Å². The van der Waals surface area contributed by atoms with Gasteiger partial charge in [0.15, 0.2) is 5.75 Å². The number of aromatic hydroxyl groups is 1. The Morgan fingerprint density at radius 1 is 1.23 bits per heavy atom. The van der Waals surface area contributed by atoms with Crippen LogP contribution in [0.25, 0.3) is 0 Å². The fraction of sp³-hybridized carbons (Fsp3) is 0.182. The number of allylic oxidation sites excluding steroid dienone is 2. The summed E-state index contributed by atoms with van der Waals surface area (Å²) in [6.07, 6.45) is 2.12. The number of rotatable bonds is 1. The first-order valence-electron chi connectivity index (χ1n) is 4.20. The third-order valence-electron chi connectivity index (χ3n) is 2.28. The SMILES string of the molecule is CC1=CC1c1ccc(O)c(=O)cc1. The van der Waals surface area contributed by atoms with E-state index in [2.05, 4.69) is 13.0 Å². The molecule has 1 unspecified atom stereocenters. The molecule has 0 saturated heterocycles. The van der Waals surface area contributed by atoms with Gasteiger partial charge in [0.1, 0.15) is 0 Å². The summed E-state index contributed by atoms with van der Waals surface area (Å²) in [5, 5.41) is 9.14. The second kappa shape index (κ2) is 2.73. The fourth-order valence-corrected chi connectivity index (χ4v) is 1.35. The lowest BCUT2D eigenvalue weighted by Crippen LogP contribution is -1.91. The standard InChI is InChI=1S/C11H10O2/c1-7-6-9(7)8-2-4-10(12)11(13)5-3-8/h2-6,9H,1H3,(H,12,13). The predicted octanol–water partition coefficient (Wildman–Crippen LogP) is 1.80. The second-order valence-corrected chi connectivity index (χ2v) is 3.30. The molecular weight excluding hydrogens is 164 g/mol. The second-order valence-electron chi connectivity index (χ2n) is 3.30. The van der Waals surface area contributed by atoms with E-state index in [0.717, 1.165) is 5.56 Å². The molecule has 0 radical (unpaired) electrons. The molecule has 13 heavy (non-hydrogen) atoms. The molecule has 2 nitrogen and oxygen atoms in total. The zero-order chi connectivity index (χ0) is 9.42. The van der Waals surface area contributed by atoms with Crippen molar-refractivity contribution in [2.24, 2.45) is 0 Å². The molecule has 0 amide bonds. The van der Waals surface area contributed by atoms with E-state index in [-0.39, 0.29) is 11.2 Å². The molecular formula is C11H10O2. The van der Waals surface area contributed by atoms with Crippen LogP contribution in [0.1, 0.15) is 18.4 Å². The molecule has 0 bridgehead atoms. The third-order valence-corrected chi connectivity index (χ3v) is 2.28. The summed E-state index contributed by atoms with van der Waals surface area (Å²) in [5.74, 6) is 0.191. The summed E-state index contributed by atoms with van der Waals surface area (Å²) in [4.78, 5) is 11.0. The highest BCUT2D eigenvalue weighted by molar-refractivity contribution is 5.44. The quantitative estimate of drug-likeness (QED) is 0.659. The molecule has 1 N–H and O–H groups in total. The molecule has 1 aliphatic carbocycles. The lowest BCUT2D eigenvalue weighted by molar-refractivity contribution is 0.471. The molecule has 66 valence electrons. The van der Waals surface area contributed by atoms with Crippen LogP contribution in [0.5, 0.6) is 5.75 Å². The first kappa shape index (κ1) is 8.05. The van der Waals surface area contributed by atoms with Crippen molar-refractivity contribution < 1.29 is 5.11 Å². The highest BCUT2D eigenvalue weighted by Crippen LogP contribution is 2.37. The minimum absolute atomic E-state index is 0.190. The summed E-state index contributed by atoms with van der Waals surface area (Å²) in [6.45, 7) is 2.05. The predicted molar refractivity (Wildman–Crippen MR) is 50.9 cm³/mol. The highest BCUT2D eigenvalue weighted by Gasteiger charge is 2.21. The van der Waals surface area contributed by atoms with Crippen LogP contribution in [-0.2, 0) is 0 Å². The number of hydrogen-bond donors (Lipinski definition) is 1. The molecule has 1 aliphatic rings. The maximum Gasteiger partial charge on any atom is 0.220 e. The van der Waals surface area contributed by atoms with Gasteiger partial charge in [0, 0.05) is 5.92 Å². The van der Waals surface area contributed by atoms with Gasteiger partial charge in [-0.3, -0.25) is 4.79 Å². The van der Waals surface area contributed by atoms with Gasteiger partial charge in [0.25, 0.3) is 0 Å². The summed E-state index contributed by atoms with van der Waals surface area (Å²) in [7, 11) is 0. The van der Waals surface area contributed by atoms with Crippen LogP contribution in [-0.4, -0.2) is 5.11 Å². The van der Waals surface area contributed by atoms with Gasteiger partial charge in [-0.05, 0) is 24.6 Å². The molecule has 1 aromatic rings. The van der Waals surface area contributed by atoms with E-state index in [4.69, 9.17) is 5.11 Å². The molecule has 2 heteroatoms. The largest absolute Gasteiger partial charge is 0.504 e. The minimum atomic E-state index is -0.329. The Labute approximate surface area is 76.2 Å². The van der Waals surface area contributed by atoms with Gasteiger partial charge >= 0.3 is 0 Å². The van der Waals surface area contributed by atoms with Gasteiger partial charge in [-0.25, -0.2) is 0 Å². The van der Waals surface area contributed by atoms with Crippen LogP contribution in [0.4, 0.5) is 0 Å². The van der Waals surface area contributed by atoms with Crippen molar-refractivity contribution in [2.45, 2.75) is 12.8 Å². The van der Waals surface area contributed by atoms with Crippen molar-refractivity contribution in [3.8, 4) is 5.75 Å². The Morgan fingerprint density at radius 3 is 2.46 bits per heavy atom. The van der Waals surface area contributed by atoms with Gasteiger partial charge in [0.2, 0.25) is 5.43 Å². The lowest BCUT2D eigenvalue weighted by atomic mass is 10.1. The summed E-state index contributed by atoms with van der Waals surface area (Å²) < 4.78 is 0. The van der Waals surface area contributed by atoms with Crippen LogP contribution in [0.2, 0.25) is 0 Å². The monoisotopic (exact) mass is 174 g/mol. The molecule has 1 aromatic carbocycles. The smallest absolute Gasteiger partial charge is 0.220 e. The van der Waals surface area contributed by atoms with E-state index in [9.17, 15) is 4.79 Å². The molecule has 0 spiro atoms. The van der Waals surface area contributed by atoms with Gasteiger partial charge in [0.05, 0.1) is 0 Å².